The van der Waals surface area contributed by atoms with Crippen molar-refractivity contribution in [2.24, 2.45) is 0 Å². The predicted molar refractivity (Wildman–Crippen MR) is 200 cm³/mol. The van der Waals surface area contributed by atoms with Crippen LogP contribution in [0.3, 0.4) is 0 Å². The second kappa shape index (κ2) is 12.4. The standard InChI is InChI=1S/C46H31N3O/c1-5-17-32(18-6-1)37-25-13-14-26-38(37)45-48-43(33-19-7-2-8-20-33)47-44(49-45)34-29-30-42-40(31-34)46(35-21-9-3-10-22-35,36-23-11-4-12-24-36)39-27-15-16-28-41(39)50-42/h1-31H. The summed E-state index contributed by atoms with van der Waals surface area (Å²) in [6.07, 6.45) is 0. The molecule has 0 bridgehead atoms. The highest BCUT2D eigenvalue weighted by atomic mass is 16.5. The van der Waals surface area contributed by atoms with Crippen LogP contribution in [0.2, 0.25) is 0 Å². The summed E-state index contributed by atoms with van der Waals surface area (Å²) in [6, 6.07) is 64.9. The predicted octanol–water partition coefficient (Wildman–Crippen LogP) is 11.0. The summed E-state index contributed by atoms with van der Waals surface area (Å²) in [5, 5.41) is 0. The molecule has 0 saturated heterocycles. The van der Waals surface area contributed by atoms with Crippen LogP contribution in [-0.4, -0.2) is 15.0 Å². The Labute approximate surface area is 291 Å². The van der Waals surface area contributed by atoms with E-state index in [-0.39, 0.29) is 0 Å². The maximum absolute atomic E-state index is 6.66. The molecule has 0 unspecified atom stereocenters. The third-order valence-corrected chi connectivity index (χ3v) is 9.49. The van der Waals surface area contributed by atoms with Gasteiger partial charge in [-0.1, -0.05) is 164 Å². The minimum Gasteiger partial charge on any atom is -0.457 e. The van der Waals surface area contributed by atoms with Gasteiger partial charge in [-0.3, -0.25) is 0 Å². The average Bonchev–Trinajstić information content (AvgIpc) is 3.21. The van der Waals surface area contributed by atoms with Gasteiger partial charge in [-0.05, 0) is 46.5 Å². The highest BCUT2D eigenvalue weighted by Crippen LogP contribution is 2.55. The minimum absolute atomic E-state index is 0.591. The SMILES string of the molecule is c1ccc(-c2nc(-c3ccc4c(c3)C(c3ccccc3)(c3ccccc3)c3ccccc3O4)nc(-c3ccccc3-c3ccccc3)n2)cc1. The van der Waals surface area contributed by atoms with Crippen LogP contribution in [0.25, 0.3) is 45.3 Å². The lowest BCUT2D eigenvalue weighted by atomic mass is 9.63. The smallest absolute Gasteiger partial charge is 0.164 e. The van der Waals surface area contributed by atoms with Gasteiger partial charge in [0.1, 0.15) is 11.5 Å². The molecule has 0 atom stereocenters. The first-order chi connectivity index (χ1) is 24.8. The molecule has 0 radical (unpaired) electrons. The largest absolute Gasteiger partial charge is 0.457 e. The summed E-state index contributed by atoms with van der Waals surface area (Å²) >= 11 is 0. The maximum atomic E-state index is 6.66. The van der Waals surface area contributed by atoms with Gasteiger partial charge in [0.15, 0.2) is 17.5 Å². The second-order valence-electron chi connectivity index (χ2n) is 12.4. The van der Waals surface area contributed by atoms with E-state index in [4.69, 9.17) is 19.7 Å². The summed E-state index contributed by atoms with van der Waals surface area (Å²) in [6.45, 7) is 0. The van der Waals surface area contributed by atoms with Crippen LogP contribution in [0.4, 0.5) is 0 Å². The fourth-order valence-electron chi connectivity index (χ4n) is 7.23. The number of nitrogens with zero attached hydrogens (tertiary/aromatic N) is 3. The minimum atomic E-state index is -0.652. The number of ether oxygens (including phenoxy) is 1. The normalized spacial score (nSPS) is 12.7. The fraction of sp³-hybridized carbons (Fsp3) is 0.0217. The lowest BCUT2D eigenvalue weighted by molar-refractivity contribution is 0.434. The summed E-state index contributed by atoms with van der Waals surface area (Å²) in [5.41, 5.74) is 8.67. The number of rotatable bonds is 6. The van der Waals surface area contributed by atoms with Gasteiger partial charge < -0.3 is 4.74 Å². The Kier molecular flexibility index (Phi) is 7.33. The molecule has 4 nitrogen and oxygen atoms in total. The molecule has 50 heavy (non-hydrogen) atoms. The monoisotopic (exact) mass is 641 g/mol. The Hall–Kier alpha value is -6.65. The quantitative estimate of drug-likeness (QED) is 0.181. The van der Waals surface area contributed by atoms with E-state index < -0.39 is 5.41 Å². The molecule has 0 amide bonds. The molecule has 1 aliphatic heterocycles. The molecule has 0 saturated carbocycles. The van der Waals surface area contributed by atoms with Crippen LogP contribution in [0.5, 0.6) is 11.5 Å². The van der Waals surface area contributed by atoms with Crippen LogP contribution in [0.15, 0.2) is 188 Å². The van der Waals surface area contributed by atoms with Crippen molar-refractivity contribution in [1.82, 2.24) is 15.0 Å². The van der Waals surface area contributed by atoms with Gasteiger partial charge in [-0.2, -0.15) is 0 Å². The van der Waals surface area contributed by atoms with Gasteiger partial charge in [0.05, 0.1) is 5.41 Å². The first-order valence-corrected chi connectivity index (χ1v) is 16.8. The molecule has 7 aromatic carbocycles. The van der Waals surface area contributed by atoms with Crippen molar-refractivity contribution in [3.8, 4) is 56.8 Å². The van der Waals surface area contributed by atoms with Crippen LogP contribution in [-0.2, 0) is 5.41 Å². The van der Waals surface area contributed by atoms with E-state index in [9.17, 15) is 0 Å². The summed E-state index contributed by atoms with van der Waals surface area (Å²) in [7, 11) is 0. The molecular formula is C46H31N3O. The Balaban J connectivity index is 1.31. The second-order valence-corrected chi connectivity index (χ2v) is 12.4. The van der Waals surface area contributed by atoms with E-state index in [1.54, 1.807) is 0 Å². The average molecular weight is 642 g/mol. The van der Waals surface area contributed by atoms with E-state index in [1.165, 1.54) is 0 Å². The van der Waals surface area contributed by atoms with Gasteiger partial charge in [0, 0.05) is 27.8 Å². The number of hydrogen-bond donors (Lipinski definition) is 0. The molecule has 9 rings (SSSR count). The molecule has 0 aliphatic carbocycles. The zero-order valence-corrected chi connectivity index (χ0v) is 27.1. The first-order valence-electron chi connectivity index (χ1n) is 16.8. The van der Waals surface area contributed by atoms with Crippen molar-refractivity contribution in [2.75, 3.05) is 0 Å². The van der Waals surface area contributed by atoms with Gasteiger partial charge in [-0.15, -0.1) is 0 Å². The Morgan fingerprint density at radius 3 is 1.48 bits per heavy atom. The topological polar surface area (TPSA) is 47.9 Å². The van der Waals surface area contributed by atoms with Crippen molar-refractivity contribution in [2.45, 2.75) is 5.41 Å². The molecule has 1 aromatic heterocycles. The lowest BCUT2D eigenvalue weighted by Gasteiger charge is -2.41. The third-order valence-electron chi connectivity index (χ3n) is 9.49. The van der Waals surface area contributed by atoms with Crippen LogP contribution in [0, 0.1) is 0 Å². The summed E-state index contributed by atoms with van der Waals surface area (Å²) in [4.78, 5) is 15.4. The Morgan fingerprint density at radius 2 is 0.820 bits per heavy atom. The number of benzene rings is 7. The van der Waals surface area contributed by atoms with Crippen LogP contribution < -0.4 is 4.74 Å². The van der Waals surface area contributed by atoms with Crippen molar-refractivity contribution < 1.29 is 4.74 Å². The molecule has 0 spiro atoms. The number of aromatic nitrogens is 3. The number of para-hydroxylation sites is 1. The molecule has 236 valence electrons. The van der Waals surface area contributed by atoms with Gasteiger partial charge in [-0.25, -0.2) is 15.0 Å². The molecular weight excluding hydrogens is 611 g/mol. The van der Waals surface area contributed by atoms with Gasteiger partial charge in [0.25, 0.3) is 0 Å². The number of fused-ring (bicyclic) bond motifs is 2. The molecule has 0 fully saturated rings. The van der Waals surface area contributed by atoms with Crippen molar-refractivity contribution >= 4 is 0 Å². The van der Waals surface area contributed by atoms with Crippen LogP contribution in [0.1, 0.15) is 22.3 Å². The molecule has 2 heterocycles. The Bertz CT molecular complexity index is 2410. The molecule has 1 aliphatic rings. The van der Waals surface area contributed by atoms with Crippen molar-refractivity contribution in [3.63, 3.8) is 0 Å². The lowest BCUT2D eigenvalue weighted by Crippen LogP contribution is -2.34. The highest BCUT2D eigenvalue weighted by Gasteiger charge is 2.45. The maximum Gasteiger partial charge on any atom is 0.164 e. The third kappa shape index (κ3) is 4.97. The molecule has 8 aromatic rings. The van der Waals surface area contributed by atoms with E-state index in [1.807, 2.05) is 48.5 Å². The van der Waals surface area contributed by atoms with E-state index in [2.05, 4.69) is 140 Å². The van der Waals surface area contributed by atoms with E-state index in [0.717, 1.165) is 61.6 Å². The Morgan fingerprint density at radius 1 is 0.340 bits per heavy atom. The van der Waals surface area contributed by atoms with E-state index in [0.29, 0.717) is 17.5 Å². The van der Waals surface area contributed by atoms with Crippen molar-refractivity contribution in [3.05, 3.63) is 210 Å². The fourth-order valence-corrected chi connectivity index (χ4v) is 7.23. The summed E-state index contributed by atoms with van der Waals surface area (Å²) in [5.74, 6) is 3.46. The first kappa shape index (κ1) is 29.5. The zero-order chi connectivity index (χ0) is 33.3. The summed E-state index contributed by atoms with van der Waals surface area (Å²) < 4.78 is 6.66. The van der Waals surface area contributed by atoms with Crippen molar-refractivity contribution in [1.29, 1.82) is 0 Å². The van der Waals surface area contributed by atoms with Gasteiger partial charge >= 0.3 is 0 Å². The van der Waals surface area contributed by atoms with Crippen LogP contribution >= 0.6 is 0 Å². The molecule has 0 N–H and O–H groups in total. The number of hydrogen-bond acceptors (Lipinski definition) is 4. The molecule has 4 heteroatoms. The van der Waals surface area contributed by atoms with Gasteiger partial charge in [0.2, 0.25) is 0 Å². The highest BCUT2D eigenvalue weighted by molar-refractivity contribution is 5.82. The van der Waals surface area contributed by atoms with E-state index >= 15 is 0 Å². The zero-order valence-electron chi connectivity index (χ0n) is 27.1.